The van der Waals surface area contributed by atoms with E-state index in [0.717, 1.165) is 16.2 Å². The molecule has 22 heavy (non-hydrogen) atoms. The van der Waals surface area contributed by atoms with Gasteiger partial charge in [0, 0.05) is 10.6 Å². The zero-order chi connectivity index (χ0) is 15.3. The molecule has 0 atom stereocenters. The van der Waals surface area contributed by atoms with Crippen LogP contribution in [-0.2, 0) is 15.7 Å². The summed E-state index contributed by atoms with van der Waals surface area (Å²) in [6.07, 6.45) is 0. The number of rotatable bonds is 5. The van der Waals surface area contributed by atoms with Gasteiger partial charge in [-0.2, -0.15) is 0 Å². The molecule has 0 radical (unpaired) electrons. The molecule has 3 aromatic rings. The summed E-state index contributed by atoms with van der Waals surface area (Å²) in [7, 11) is -3.09. The zero-order valence-corrected chi connectivity index (χ0v) is 13.0. The van der Waals surface area contributed by atoms with Gasteiger partial charge >= 0.3 is 0 Å². The highest BCUT2D eigenvalue weighted by atomic mass is 31.2. The molecule has 0 fully saturated rings. The van der Waals surface area contributed by atoms with E-state index in [2.05, 4.69) is 0 Å². The molecule has 0 saturated heterocycles. The standard InChI is InChI=1S/C19H17O2P/c20-22(18-12-6-2-7-13-18,19-14-8-3-9-15-19)21-16-17-10-4-1-5-11-17/h1-15H,16H2. The van der Waals surface area contributed by atoms with Gasteiger partial charge in [0.05, 0.1) is 6.61 Å². The lowest BCUT2D eigenvalue weighted by Gasteiger charge is -2.19. The van der Waals surface area contributed by atoms with E-state index in [1.54, 1.807) is 0 Å². The smallest absolute Gasteiger partial charge is 0.261 e. The van der Waals surface area contributed by atoms with Gasteiger partial charge in [0.15, 0.2) is 0 Å². The second kappa shape index (κ2) is 6.74. The van der Waals surface area contributed by atoms with Gasteiger partial charge in [0.1, 0.15) is 0 Å². The molecule has 0 aromatic heterocycles. The van der Waals surface area contributed by atoms with Gasteiger partial charge in [-0.1, -0.05) is 66.7 Å². The van der Waals surface area contributed by atoms with Crippen molar-refractivity contribution in [2.75, 3.05) is 0 Å². The fourth-order valence-corrected chi connectivity index (χ4v) is 4.34. The first-order chi connectivity index (χ1) is 10.8. The van der Waals surface area contributed by atoms with Crippen molar-refractivity contribution < 1.29 is 9.09 Å². The molecule has 0 heterocycles. The summed E-state index contributed by atoms with van der Waals surface area (Å²) in [5.74, 6) is 0. The summed E-state index contributed by atoms with van der Waals surface area (Å²) in [6.45, 7) is 0.321. The second-order valence-electron chi connectivity index (χ2n) is 4.98. The minimum atomic E-state index is -3.09. The van der Waals surface area contributed by atoms with Crippen molar-refractivity contribution in [2.45, 2.75) is 6.61 Å². The number of hydrogen-bond acceptors (Lipinski definition) is 2. The maximum absolute atomic E-state index is 13.6. The fraction of sp³-hybridized carbons (Fsp3) is 0.0526. The molecule has 0 spiro atoms. The van der Waals surface area contributed by atoms with E-state index in [1.165, 1.54) is 0 Å². The van der Waals surface area contributed by atoms with E-state index in [-0.39, 0.29) is 0 Å². The molecule has 3 rings (SSSR count). The van der Waals surface area contributed by atoms with Crippen LogP contribution in [0.4, 0.5) is 0 Å². The second-order valence-corrected chi connectivity index (χ2v) is 7.38. The van der Waals surface area contributed by atoms with Gasteiger partial charge in [-0.15, -0.1) is 0 Å². The first-order valence-electron chi connectivity index (χ1n) is 7.19. The maximum Gasteiger partial charge on any atom is 0.261 e. The Bertz CT molecular complexity index is 712. The maximum atomic E-state index is 13.6. The zero-order valence-electron chi connectivity index (χ0n) is 12.1. The molecule has 0 amide bonds. The molecule has 0 aliphatic rings. The van der Waals surface area contributed by atoms with Crippen LogP contribution in [0, 0.1) is 0 Å². The van der Waals surface area contributed by atoms with E-state index in [0.29, 0.717) is 6.61 Å². The van der Waals surface area contributed by atoms with Crippen molar-refractivity contribution in [3.63, 3.8) is 0 Å². The quantitative estimate of drug-likeness (QED) is 0.662. The lowest BCUT2D eigenvalue weighted by atomic mass is 10.2. The van der Waals surface area contributed by atoms with Gasteiger partial charge in [0.25, 0.3) is 7.37 Å². The van der Waals surface area contributed by atoms with Crippen LogP contribution in [0.1, 0.15) is 5.56 Å². The number of hydrogen-bond donors (Lipinski definition) is 0. The lowest BCUT2D eigenvalue weighted by Crippen LogP contribution is -2.18. The predicted octanol–water partition coefficient (Wildman–Crippen LogP) is 4.13. The van der Waals surface area contributed by atoms with E-state index < -0.39 is 7.37 Å². The normalized spacial score (nSPS) is 11.3. The van der Waals surface area contributed by atoms with Crippen LogP contribution in [-0.4, -0.2) is 0 Å². The Labute approximate surface area is 130 Å². The van der Waals surface area contributed by atoms with E-state index >= 15 is 0 Å². The molecule has 3 aromatic carbocycles. The number of benzene rings is 3. The third-order valence-corrected chi connectivity index (χ3v) is 5.90. The Morgan fingerprint density at radius 3 is 1.50 bits per heavy atom. The molecule has 110 valence electrons. The van der Waals surface area contributed by atoms with Crippen LogP contribution in [0.5, 0.6) is 0 Å². The lowest BCUT2D eigenvalue weighted by molar-refractivity contribution is 0.316. The van der Waals surface area contributed by atoms with Crippen molar-refractivity contribution in [3.05, 3.63) is 96.6 Å². The Balaban J connectivity index is 1.95. The van der Waals surface area contributed by atoms with Crippen LogP contribution in [0.15, 0.2) is 91.0 Å². The third-order valence-electron chi connectivity index (χ3n) is 3.45. The van der Waals surface area contributed by atoms with Gasteiger partial charge in [0.2, 0.25) is 0 Å². The van der Waals surface area contributed by atoms with Crippen LogP contribution in [0.2, 0.25) is 0 Å². The fourth-order valence-electron chi connectivity index (χ4n) is 2.29. The average molecular weight is 308 g/mol. The monoisotopic (exact) mass is 308 g/mol. The molecule has 2 nitrogen and oxygen atoms in total. The van der Waals surface area contributed by atoms with Gasteiger partial charge in [-0.25, -0.2) is 0 Å². The molecule has 0 aliphatic heterocycles. The van der Waals surface area contributed by atoms with E-state index in [4.69, 9.17) is 4.52 Å². The molecule has 0 bridgehead atoms. The molecule has 0 N–H and O–H groups in total. The molecular weight excluding hydrogens is 291 g/mol. The van der Waals surface area contributed by atoms with Crippen molar-refractivity contribution >= 4 is 18.0 Å². The van der Waals surface area contributed by atoms with Gasteiger partial charge in [-0.05, 0) is 29.8 Å². The highest BCUT2D eigenvalue weighted by Gasteiger charge is 2.28. The Kier molecular flexibility index (Phi) is 4.53. The summed E-state index contributed by atoms with van der Waals surface area (Å²) >= 11 is 0. The minimum absolute atomic E-state index is 0.321. The summed E-state index contributed by atoms with van der Waals surface area (Å²) in [4.78, 5) is 0. The van der Waals surface area contributed by atoms with Crippen molar-refractivity contribution in [3.8, 4) is 0 Å². The largest absolute Gasteiger partial charge is 0.317 e. The van der Waals surface area contributed by atoms with Gasteiger partial charge in [-0.3, -0.25) is 4.57 Å². The first kappa shape index (κ1) is 14.8. The SMILES string of the molecule is O=P(OCc1ccccc1)(c1ccccc1)c1ccccc1. The average Bonchev–Trinajstić information content (AvgIpc) is 2.62. The Morgan fingerprint density at radius 2 is 1.05 bits per heavy atom. The molecule has 0 unspecified atom stereocenters. The van der Waals surface area contributed by atoms with Crippen LogP contribution < -0.4 is 10.6 Å². The molecule has 0 aliphatic carbocycles. The summed E-state index contributed by atoms with van der Waals surface area (Å²) in [5, 5.41) is 1.44. The highest BCUT2D eigenvalue weighted by Crippen LogP contribution is 2.45. The third kappa shape index (κ3) is 3.19. The van der Waals surface area contributed by atoms with E-state index in [1.807, 2.05) is 91.0 Å². The molecular formula is C19H17O2P. The molecule has 0 saturated carbocycles. The van der Waals surface area contributed by atoms with Gasteiger partial charge < -0.3 is 4.52 Å². The van der Waals surface area contributed by atoms with Crippen LogP contribution in [0.25, 0.3) is 0 Å². The molecule has 3 heteroatoms. The highest BCUT2D eigenvalue weighted by molar-refractivity contribution is 7.74. The summed E-state index contributed by atoms with van der Waals surface area (Å²) < 4.78 is 19.5. The Morgan fingerprint density at radius 1 is 0.636 bits per heavy atom. The minimum Gasteiger partial charge on any atom is -0.317 e. The Hall–Kier alpha value is -2.15. The summed E-state index contributed by atoms with van der Waals surface area (Å²) in [5.41, 5.74) is 1.01. The summed E-state index contributed by atoms with van der Waals surface area (Å²) in [6, 6.07) is 28.6. The first-order valence-corrected chi connectivity index (χ1v) is 8.81. The van der Waals surface area contributed by atoms with Crippen molar-refractivity contribution in [1.82, 2.24) is 0 Å². The van der Waals surface area contributed by atoms with Crippen LogP contribution in [0.3, 0.4) is 0 Å². The van der Waals surface area contributed by atoms with Crippen LogP contribution >= 0.6 is 7.37 Å². The predicted molar refractivity (Wildman–Crippen MR) is 91.0 cm³/mol. The topological polar surface area (TPSA) is 26.3 Å². The van der Waals surface area contributed by atoms with Crippen molar-refractivity contribution in [2.24, 2.45) is 0 Å². The van der Waals surface area contributed by atoms with E-state index in [9.17, 15) is 4.57 Å². The van der Waals surface area contributed by atoms with Crippen molar-refractivity contribution in [1.29, 1.82) is 0 Å².